The van der Waals surface area contributed by atoms with E-state index in [2.05, 4.69) is 10.3 Å². The van der Waals surface area contributed by atoms with Gasteiger partial charge in [0.25, 0.3) is 0 Å². The van der Waals surface area contributed by atoms with Crippen molar-refractivity contribution in [3.8, 4) is 5.88 Å². The number of aliphatic hydroxyl groups excluding tert-OH is 1. The van der Waals surface area contributed by atoms with E-state index in [0.717, 1.165) is 24.9 Å². The largest absolute Gasteiger partial charge is 0.481 e. The summed E-state index contributed by atoms with van der Waals surface area (Å²) in [6, 6.07) is 4.35. The Bertz CT molecular complexity index is 357. The van der Waals surface area contributed by atoms with E-state index in [1.165, 1.54) is 6.42 Å². The lowest BCUT2D eigenvalue weighted by Crippen LogP contribution is -2.33. The molecule has 0 bridgehead atoms. The molecule has 1 saturated carbocycles. The van der Waals surface area contributed by atoms with Gasteiger partial charge in [0.05, 0.1) is 7.11 Å². The first-order valence-electron chi connectivity index (χ1n) is 6.17. The van der Waals surface area contributed by atoms with E-state index >= 15 is 0 Å². The number of methoxy groups -OCH3 is 1. The van der Waals surface area contributed by atoms with Gasteiger partial charge in [0.15, 0.2) is 0 Å². The number of hydrogen-bond acceptors (Lipinski definition) is 4. The molecule has 1 aliphatic rings. The second-order valence-electron chi connectivity index (χ2n) is 4.53. The van der Waals surface area contributed by atoms with E-state index < -0.39 is 0 Å². The summed E-state index contributed by atoms with van der Waals surface area (Å²) < 4.78 is 5.21. The maximum absolute atomic E-state index is 9.26. The molecule has 1 heterocycles. The second kappa shape index (κ2) is 5.98. The Morgan fingerprint density at radius 3 is 3.18 bits per heavy atom. The molecule has 2 rings (SSSR count). The Morgan fingerprint density at radius 2 is 2.41 bits per heavy atom. The average Bonchev–Trinajstić information content (AvgIpc) is 2.84. The third-order valence-corrected chi connectivity index (χ3v) is 3.49. The molecule has 0 radical (unpaired) electrons. The molecule has 4 nitrogen and oxygen atoms in total. The lowest BCUT2D eigenvalue weighted by atomic mass is 10.0. The summed E-state index contributed by atoms with van der Waals surface area (Å²) in [6.07, 6.45) is 5.20. The van der Waals surface area contributed by atoms with Gasteiger partial charge in [-0.1, -0.05) is 12.5 Å². The summed E-state index contributed by atoms with van der Waals surface area (Å²) >= 11 is 0. The molecule has 1 aromatic rings. The number of hydrogen-bond donors (Lipinski definition) is 2. The first-order valence-corrected chi connectivity index (χ1v) is 6.17. The van der Waals surface area contributed by atoms with Gasteiger partial charge in [-0.15, -0.1) is 0 Å². The fraction of sp³-hybridized carbons (Fsp3) is 0.615. The maximum atomic E-state index is 9.26. The van der Waals surface area contributed by atoms with Crippen molar-refractivity contribution in [1.29, 1.82) is 0 Å². The van der Waals surface area contributed by atoms with Crippen LogP contribution in [0.5, 0.6) is 5.88 Å². The number of pyridine rings is 1. The zero-order valence-corrected chi connectivity index (χ0v) is 10.2. The molecule has 0 aliphatic heterocycles. The van der Waals surface area contributed by atoms with E-state index in [1.54, 1.807) is 13.3 Å². The van der Waals surface area contributed by atoms with Crippen molar-refractivity contribution >= 4 is 0 Å². The number of aliphatic hydroxyl groups is 1. The van der Waals surface area contributed by atoms with Crippen LogP contribution >= 0.6 is 0 Å². The Labute approximate surface area is 102 Å². The fourth-order valence-electron chi connectivity index (χ4n) is 2.51. The molecular weight excluding hydrogens is 216 g/mol. The van der Waals surface area contributed by atoms with Crippen molar-refractivity contribution in [3.63, 3.8) is 0 Å². The van der Waals surface area contributed by atoms with Gasteiger partial charge in [-0.3, -0.25) is 0 Å². The molecule has 94 valence electrons. The van der Waals surface area contributed by atoms with Gasteiger partial charge in [0, 0.05) is 31.0 Å². The van der Waals surface area contributed by atoms with Crippen LogP contribution in [0.1, 0.15) is 24.8 Å². The molecule has 1 fully saturated rings. The summed E-state index contributed by atoms with van der Waals surface area (Å²) in [6.45, 7) is 1.03. The van der Waals surface area contributed by atoms with E-state index in [4.69, 9.17) is 4.74 Å². The number of rotatable bonds is 5. The molecule has 1 aliphatic carbocycles. The van der Waals surface area contributed by atoms with Crippen molar-refractivity contribution in [3.05, 3.63) is 23.9 Å². The minimum Gasteiger partial charge on any atom is -0.481 e. The molecule has 2 atom stereocenters. The van der Waals surface area contributed by atoms with Crippen LogP contribution in [0.4, 0.5) is 0 Å². The predicted molar refractivity (Wildman–Crippen MR) is 65.8 cm³/mol. The summed E-state index contributed by atoms with van der Waals surface area (Å²) in [4.78, 5) is 4.17. The van der Waals surface area contributed by atoms with Crippen molar-refractivity contribution < 1.29 is 9.84 Å². The van der Waals surface area contributed by atoms with E-state index in [-0.39, 0.29) is 6.61 Å². The molecule has 2 unspecified atom stereocenters. The SMILES string of the molecule is COc1ncccc1CNC1CCCC1CO. The third kappa shape index (κ3) is 2.96. The fourth-order valence-corrected chi connectivity index (χ4v) is 2.51. The second-order valence-corrected chi connectivity index (χ2v) is 4.53. The minimum atomic E-state index is 0.280. The minimum absolute atomic E-state index is 0.280. The lowest BCUT2D eigenvalue weighted by Gasteiger charge is -2.19. The van der Waals surface area contributed by atoms with Crippen LogP contribution < -0.4 is 10.1 Å². The highest BCUT2D eigenvalue weighted by Crippen LogP contribution is 2.25. The normalized spacial score (nSPS) is 23.9. The van der Waals surface area contributed by atoms with Gasteiger partial charge >= 0.3 is 0 Å². The highest BCUT2D eigenvalue weighted by atomic mass is 16.5. The number of nitrogens with zero attached hydrogens (tertiary/aromatic N) is 1. The van der Waals surface area contributed by atoms with Crippen molar-refractivity contribution in [2.24, 2.45) is 5.92 Å². The van der Waals surface area contributed by atoms with Gasteiger partial charge in [-0.2, -0.15) is 0 Å². The van der Waals surface area contributed by atoms with Gasteiger partial charge in [0.2, 0.25) is 5.88 Å². The van der Waals surface area contributed by atoms with Crippen LogP contribution in [0.3, 0.4) is 0 Å². The molecule has 0 aromatic carbocycles. The van der Waals surface area contributed by atoms with Crippen LogP contribution in [-0.4, -0.2) is 29.8 Å². The monoisotopic (exact) mass is 236 g/mol. The lowest BCUT2D eigenvalue weighted by molar-refractivity contribution is 0.205. The molecule has 0 spiro atoms. The maximum Gasteiger partial charge on any atom is 0.217 e. The van der Waals surface area contributed by atoms with Gasteiger partial charge < -0.3 is 15.2 Å². The Balaban J connectivity index is 1.93. The summed E-state index contributed by atoms with van der Waals surface area (Å²) in [5, 5.41) is 12.8. The third-order valence-electron chi connectivity index (χ3n) is 3.49. The smallest absolute Gasteiger partial charge is 0.217 e. The van der Waals surface area contributed by atoms with E-state index in [9.17, 15) is 5.11 Å². The van der Waals surface area contributed by atoms with Crippen LogP contribution in [0.25, 0.3) is 0 Å². The summed E-state index contributed by atoms with van der Waals surface area (Å²) in [5.41, 5.74) is 1.07. The molecule has 17 heavy (non-hydrogen) atoms. The average molecular weight is 236 g/mol. The van der Waals surface area contributed by atoms with E-state index in [1.807, 2.05) is 12.1 Å². The number of aromatic nitrogens is 1. The number of ether oxygens (including phenoxy) is 1. The van der Waals surface area contributed by atoms with Crippen molar-refractivity contribution in [2.45, 2.75) is 31.8 Å². The zero-order valence-electron chi connectivity index (χ0n) is 10.2. The van der Waals surface area contributed by atoms with Crippen LogP contribution in [0.15, 0.2) is 18.3 Å². The Kier molecular flexibility index (Phi) is 4.34. The summed E-state index contributed by atoms with van der Waals surface area (Å²) in [5.74, 6) is 1.08. The highest BCUT2D eigenvalue weighted by Gasteiger charge is 2.26. The summed E-state index contributed by atoms with van der Waals surface area (Å²) in [7, 11) is 1.64. The van der Waals surface area contributed by atoms with Gasteiger partial charge in [-0.05, 0) is 24.8 Å². The van der Waals surface area contributed by atoms with Gasteiger partial charge in [-0.25, -0.2) is 4.98 Å². The van der Waals surface area contributed by atoms with E-state index in [0.29, 0.717) is 17.8 Å². The molecule has 4 heteroatoms. The highest BCUT2D eigenvalue weighted by molar-refractivity contribution is 5.25. The van der Waals surface area contributed by atoms with Crippen molar-refractivity contribution in [1.82, 2.24) is 10.3 Å². The van der Waals surface area contributed by atoms with Crippen LogP contribution in [0, 0.1) is 5.92 Å². The molecule has 0 saturated heterocycles. The Morgan fingerprint density at radius 1 is 1.53 bits per heavy atom. The number of nitrogens with one attached hydrogen (secondary N) is 1. The first kappa shape index (κ1) is 12.3. The standard InChI is InChI=1S/C13H20N2O2/c1-17-13-10(5-3-7-14-13)8-15-12-6-2-4-11(12)9-16/h3,5,7,11-12,15-16H,2,4,6,8-9H2,1H3. The molecule has 0 amide bonds. The topological polar surface area (TPSA) is 54.4 Å². The van der Waals surface area contributed by atoms with Crippen LogP contribution in [-0.2, 0) is 6.54 Å². The van der Waals surface area contributed by atoms with Crippen LogP contribution in [0.2, 0.25) is 0 Å². The zero-order chi connectivity index (χ0) is 12.1. The Hall–Kier alpha value is -1.13. The quantitative estimate of drug-likeness (QED) is 0.810. The molecule has 1 aromatic heterocycles. The molecule has 2 N–H and O–H groups in total. The van der Waals surface area contributed by atoms with Gasteiger partial charge in [0.1, 0.15) is 0 Å². The predicted octanol–water partition coefficient (Wildman–Crippen LogP) is 1.34. The molecular formula is C13H20N2O2. The first-order chi connectivity index (χ1) is 8.35. The van der Waals surface area contributed by atoms with Crippen molar-refractivity contribution in [2.75, 3.05) is 13.7 Å².